The molecule has 0 amide bonds. The van der Waals surface area contributed by atoms with Gasteiger partial charge in [0.25, 0.3) is 5.56 Å². The predicted molar refractivity (Wildman–Crippen MR) is 92.8 cm³/mol. The average molecular weight is 359 g/mol. The molecule has 1 aromatic heterocycles. The van der Waals surface area contributed by atoms with Crippen molar-refractivity contribution in [1.29, 1.82) is 0 Å². The van der Waals surface area contributed by atoms with Crippen LogP contribution in [0.25, 0.3) is 10.9 Å². The van der Waals surface area contributed by atoms with E-state index in [2.05, 4.69) is 5.32 Å². The maximum absolute atomic E-state index is 15.0. The summed E-state index contributed by atoms with van der Waals surface area (Å²) in [6.07, 6.45) is 0. The summed E-state index contributed by atoms with van der Waals surface area (Å²) in [7, 11) is 0. The molecular formula is C18H18FN3O4. The Bertz CT molecular complexity index is 1010. The number of hydrogen-bond donors (Lipinski definition) is 2. The van der Waals surface area contributed by atoms with Crippen LogP contribution in [0.2, 0.25) is 0 Å². The van der Waals surface area contributed by atoms with Gasteiger partial charge in [-0.15, -0.1) is 0 Å². The molecular weight excluding hydrogens is 341 g/mol. The first-order valence-corrected chi connectivity index (χ1v) is 8.72. The lowest BCUT2D eigenvalue weighted by Crippen LogP contribution is -2.51. The summed E-state index contributed by atoms with van der Waals surface area (Å²) in [5.41, 5.74) is -0.0882. The molecule has 3 atom stereocenters. The highest BCUT2D eigenvalue weighted by Gasteiger charge is 2.41. The third kappa shape index (κ3) is 1.96. The number of aromatic carboxylic acids is 1. The summed E-state index contributed by atoms with van der Waals surface area (Å²) in [5, 5.41) is 13.0. The van der Waals surface area contributed by atoms with E-state index in [9.17, 15) is 14.7 Å². The Hall–Kier alpha value is -2.61. The molecule has 3 aliphatic heterocycles. The highest BCUT2D eigenvalue weighted by Crippen LogP contribution is 2.44. The highest BCUT2D eigenvalue weighted by molar-refractivity contribution is 5.97. The number of hydrogen-bond acceptors (Lipinski definition) is 5. The van der Waals surface area contributed by atoms with Gasteiger partial charge in [-0.25, -0.2) is 9.18 Å². The third-order valence-electron chi connectivity index (χ3n) is 5.74. The number of nitrogens with zero attached hydrogens (tertiary/aromatic N) is 2. The van der Waals surface area contributed by atoms with Crippen LogP contribution in [0.4, 0.5) is 10.1 Å². The number of rotatable bonds is 2. The number of anilines is 1. The molecule has 4 heterocycles. The topological polar surface area (TPSA) is 83.8 Å². The zero-order valence-corrected chi connectivity index (χ0v) is 14.2. The Balaban J connectivity index is 1.79. The predicted octanol–water partition coefficient (Wildman–Crippen LogP) is 1.20. The van der Waals surface area contributed by atoms with Crippen molar-refractivity contribution in [2.75, 3.05) is 31.1 Å². The first-order chi connectivity index (χ1) is 12.5. The maximum atomic E-state index is 15.0. The largest absolute Gasteiger partial charge is 0.487 e. The van der Waals surface area contributed by atoms with Crippen LogP contribution >= 0.6 is 0 Å². The lowest BCUT2D eigenvalue weighted by atomic mass is 9.96. The molecule has 2 saturated heterocycles. The van der Waals surface area contributed by atoms with E-state index in [1.165, 1.54) is 16.7 Å². The van der Waals surface area contributed by atoms with Crippen LogP contribution in [0.5, 0.6) is 5.75 Å². The second kappa shape index (κ2) is 5.20. The Morgan fingerprint density at radius 2 is 2.19 bits per heavy atom. The van der Waals surface area contributed by atoms with Gasteiger partial charge in [0, 0.05) is 37.0 Å². The molecule has 2 unspecified atom stereocenters. The first-order valence-electron chi connectivity index (χ1n) is 8.72. The van der Waals surface area contributed by atoms with Crippen LogP contribution in [-0.2, 0) is 0 Å². The molecule has 1 aromatic carbocycles. The van der Waals surface area contributed by atoms with Gasteiger partial charge < -0.3 is 20.1 Å². The zero-order valence-electron chi connectivity index (χ0n) is 14.2. The van der Waals surface area contributed by atoms with Crippen LogP contribution in [0.15, 0.2) is 16.9 Å². The second-order valence-corrected chi connectivity index (χ2v) is 7.35. The number of aromatic nitrogens is 1. The number of ether oxygens (including phenoxy) is 1. The number of nitrogens with one attached hydrogen (secondary N) is 1. The van der Waals surface area contributed by atoms with Crippen molar-refractivity contribution >= 4 is 22.6 Å². The van der Waals surface area contributed by atoms with E-state index in [-0.39, 0.29) is 18.2 Å². The van der Waals surface area contributed by atoms with Crippen molar-refractivity contribution in [2.45, 2.75) is 19.0 Å². The Labute approximate surface area is 148 Å². The second-order valence-electron chi connectivity index (χ2n) is 7.35. The zero-order chi connectivity index (χ0) is 18.2. The number of pyridine rings is 1. The number of carboxylic acid groups (broad SMARTS) is 1. The van der Waals surface area contributed by atoms with Gasteiger partial charge in [0.1, 0.15) is 17.9 Å². The molecule has 0 aliphatic carbocycles. The van der Waals surface area contributed by atoms with Gasteiger partial charge in [0.05, 0.1) is 11.6 Å². The normalized spacial score (nSPS) is 26.4. The maximum Gasteiger partial charge on any atom is 0.341 e. The Morgan fingerprint density at radius 1 is 1.38 bits per heavy atom. The minimum absolute atomic E-state index is 0.195. The van der Waals surface area contributed by atoms with Crippen molar-refractivity contribution in [3.63, 3.8) is 0 Å². The van der Waals surface area contributed by atoms with Crippen molar-refractivity contribution in [3.05, 3.63) is 33.9 Å². The SMILES string of the molecule is C[C@H]1COc2c(N3CC4CNC4C3)c(F)cc3cc(C(=O)O)c(=O)n1c23. The molecule has 26 heavy (non-hydrogen) atoms. The summed E-state index contributed by atoms with van der Waals surface area (Å²) >= 11 is 0. The molecule has 2 fully saturated rings. The van der Waals surface area contributed by atoms with E-state index in [0.29, 0.717) is 40.8 Å². The van der Waals surface area contributed by atoms with Crippen LogP contribution in [0, 0.1) is 11.7 Å². The Kier molecular flexibility index (Phi) is 3.13. The van der Waals surface area contributed by atoms with E-state index in [0.717, 1.165) is 13.1 Å². The lowest BCUT2D eigenvalue weighted by molar-refractivity contribution is 0.0694. The van der Waals surface area contributed by atoms with Gasteiger partial charge >= 0.3 is 5.97 Å². The monoisotopic (exact) mass is 359 g/mol. The van der Waals surface area contributed by atoms with E-state index in [4.69, 9.17) is 4.74 Å². The van der Waals surface area contributed by atoms with Crippen LogP contribution < -0.4 is 20.5 Å². The minimum Gasteiger partial charge on any atom is -0.487 e. The van der Waals surface area contributed by atoms with Crippen molar-refractivity contribution < 1.29 is 19.0 Å². The highest BCUT2D eigenvalue weighted by atomic mass is 19.1. The molecule has 0 saturated carbocycles. The third-order valence-corrected chi connectivity index (χ3v) is 5.74. The minimum atomic E-state index is -1.31. The van der Waals surface area contributed by atoms with Crippen molar-refractivity contribution in [1.82, 2.24) is 9.88 Å². The van der Waals surface area contributed by atoms with E-state index < -0.39 is 17.3 Å². The fourth-order valence-corrected chi connectivity index (χ4v) is 4.35. The van der Waals surface area contributed by atoms with Crippen LogP contribution in [0.3, 0.4) is 0 Å². The number of benzene rings is 1. The summed E-state index contributed by atoms with van der Waals surface area (Å²) < 4.78 is 22.3. The smallest absolute Gasteiger partial charge is 0.341 e. The van der Waals surface area contributed by atoms with Crippen molar-refractivity contribution in [3.8, 4) is 5.75 Å². The number of halogens is 1. The first kappa shape index (κ1) is 15.6. The fourth-order valence-electron chi connectivity index (χ4n) is 4.35. The lowest BCUT2D eigenvalue weighted by Gasteiger charge is -2.30. The molecule has 0 spiro atoms. The van der Waals surface area contributed by atoms with E-state index in [1.54, 1.807) is 6.92 Å². The fraction of sp³-hybridized carbons (Fsp3) is 0.444. The quantitative estimate of drug-likeness (QED) is 0.838. The summed E-state index contributed by atoms with van der Waals surface area (Å²) in [6.45, 7) is 4.34. The summed E-state index contributed by atoms with van der Waals surface area (Å²) in [4.78, 5) is 26.1. The van der Waals surface area contributed by atoms with Gasteiger partial charge in [-0.05, 0) is 19.1 Å². The van der Waals surface area contributed by atoms with E-state index >= 15 is 4.39 Å². The number of carbonyl (C=O) groups is 1. The molecule has 5 rings (SSSR count). The molecule has 3 aliphatic rings. The van der Waals surface area contributed by atoms with E-state index in [1.807, 2.05) is 4.90 Å². The molecule has 0 radical (unpaired) electrons. The van der Waals surface area contributed by atoms with Gasteiger partial charge in [-0.1, -0.05) is 0 Å². The summed E-state index contributed by atoms with van der Waals surface area (Å²) in [5.74, 6) is -0.928. The molecule has 8 heteroatoms. The van der Waals surface area contributed by atoms with Gasteiger partial charge in [-0.2, -0.15) is 0 Å². The van der Waals surface area contributed by atoms with Crippen LogP contribution in [-0.4, -0.2) is 47.9 Å². The molecule has 2 N–H and O–H groups in total. The average Bonchev–Trinajstić information content (AvgIpc) is 2.86. The number of carboxylic acids is 1. The molecule has 7 nitrogen and oxygen atoms in total. The van der Waals surface area contributed by atoms with Gasteiger partial charge in [-0.3, -0.25) is 9.36 Å². The summed E-state index contributed by atoms with van der Waals surface area (Å²) in [6, 6.07) is 2.58. The van der Waals surface area contributed by atoms with Gasteiger partial charge in [0.15, 0.2) is 11.6 Å². The van der Waals surface area contributed by atoms with Crippen LogP contribution in [0.1, 0.15) is 23.3 Å². The molecule has 136 valence electrons. The van der Waals surface area contributed by atoms with Crippen molar-refractivity contribution in [2.24, 2.45) is 5.92 Å². The standard InChI is InChI=1S/C18H18FN3O4/c1-8-7-26-16-14-9(2-11(18(24)25)17(23)22(8)14)3-12(19)15(16)21-5-10-4-20-13(10)6-21/h2-3,8,10,13,20H,4-7H2,1H3,(H,24,25)/t8-,10?,13?/m0/s1. The molecule has 2 aromatic rings. The Morgan fingerprint density at radius 3 is 2.81 bits per heavy atom. The van der Waals surface area contributed by atoms with Gasteiger partial charge in [0.2, 0.25) is 0 Å². The number of fused-ring (bicyclic) bond motifs is 1. The molecule has 0 bridgehead atoms.